The van der Waals surface area contributed by atoms with Gasteiger partial charge in [0.05, 0.1) is 5.56 Å². The number of phenolic OH excluding ortho intramolecular Hbond substituents is 1. The number of fused-ring (bicyclic) bond motifs is 1. The Balaban J connectivity index is 1.80. The van der Waals surface area contributed by atoms with Gasteiger partial charge < -0.3 is 15.3 Å². The quantitative estimate of drug-likeness (QED) is 0.888. The van der Waals surface area contributed by atoms with Crippen LogP contribution in [-0.4, -0.2) is 22.0 Å². The maximum absolute atomic E-state index is 12.8. The molecule has 1 amide bonds. The molecule has 0 bridgehead atoms. The highest BCUT2D eigenvalue weighted by atomic mass is 16.3. The van der Waals surface area contributed by atoms with Gasteiger partial charge in [-0.2, -0.15) is 0 Å². The van der Waals surface area contributed by atoms with Crippen molar-refractivity contribution in [2.45, 2.75) is 25.0 Å². The number of phenols is 1. The molecule has 2 N–H and O–H groups in total. The standard InChI is InChI=1S/C17H16N2O2/c20-13-5-3-4-11(10-13)16-18-15-7-2-1-6-14(15)17(21)19(16)12-8-9-12/h1-7,10,12,16,18,20H,8-9H2/t16-/m1/s1. The molecule has 21 heavy (non-hydrogen) atoms. The van der Waals surface area contributed by atoms with Gasteiger partial charge in [-0.05, 0) is 42.7 Å². The summed E-state index contributed by atoms with van der Waals surface area (Å²) < 4.78 is 0. The molecule has 2 aromatic rings. The minimum Gasteiger partial charge on any atom is -0.508 e. The monoisotopic (exact) mass is 280 g/mol. The Labute approximate surface area is 123 Å². The highest BCUT2D eigenvalue weighted by Crippen LogP contribution is 2.41. The molecule has 2 aromatic carbocycles. The Bertz CT molecular complexity index is 709. The molecule has 106 valence electrons. The van der Waals surface area contributed by atoms with Gasteiger partial charge in [0.2, 0.25) is 0 Å². The molecule has 1 aliphatic heterocycles. The average Bonchev–Trinajstić information content (AvgIpc) is 3.32. The van der Waals surface area contributed by atoms with E-state index in [9.17, 15) is 9.90 Å². The molecular weight excluding hydrogens is 264 g/mol. The third kappa shape index (κ3) is 2.03. The summed E-state index contributed by atoms with van der Waals surface area (Å²) in [6.07, 6.45) is 1.88. The van der Waals surface area contributed by atoms with Crippen molar-refractivity contribution in [2.75, 3.05) is 5.32 Å². The molecule has 0 spiro atoms. The SMILES string of the molecule is O=C1c2ccccc2N[C@@H](c2cccc(O)c2)N1C1CC1. The van der Waals surface area contributed by atoms with Gasteiger partial charge in [-0.1, -0.05) is 24.3 Å². The highest BCUT2D eigenvalue weighted by molar-refractivity contribution is 6.02. The predicted molar refractivity (Wildman–Crippen MR) is 80.1 cm³/mol. The molecule has 4 heteroatoms. The number of aromatic hydroxyl groups is 1. The summed E-state index contributed by atoms with van der Waals surface area (Å²) in [7, 11) is 0. The van der Waals surface area contributed by atoms with Crippen LogP contribution in [-0.2, 0) is 0 Å². The van der Waals surface area contributed by atoms with Crippen LogP contribution in [0.15, 0.2) is 48.5 Å². The number of carbonyl (C=O) groups is 1. The van der Waals surface area contributed by atoms with Crippen LogP contribution in [0.25, 0.3) is 0 Å². The third-order valence-corrected chi connectivity index (χ3v) is 4.09. The Morgan fingerprint density at radius 3 is 2.67 bits per heavy atom. The second kappa shape index (κ2) is 4.52. The van der Waals surface area contributed by atoms with Gasteiger partial charge in [0.1, 0.15) is 11.9 Å². The van der Waals surface area contributed by atoms with Crippen molar-refractivity contribution >= 4 is 11.6 Å². The zero-order chi connectivity index (χ0) is 14.4. The fraction of sp³-hybridized carbons (Fsp3) is 0.235. The molecule has 4 rings (SSSR count). The zero-order valence-corrected chi connectivity index (χ0v) is 11.5. The number of benzene rings is 2. The van der Waals surface area contributed by atoms with E-state index in [1.165, 1.54) is 0 Å². The van der Waals surface area contributed by atoms with E-state index in [0.717, 1.165) is 29.7 Å². The van der Waals surface area contributed by atoms with Crippen molar-refractivity contribution in [2.24, 2.45) is 0 Å². The summed E-state index contributed by atoms with van der Waals surface area (Å²) in [4.78, 5) is 14.7. The minimum atomic E-state index is -0.216. The van der Waals surface area contributed by atoms with Crippen molar-refractivity contribution in [1.82, 2.24) is 4.90 Å². The van der Waals surface area contributed by atoms with Crippen molar-refractivity contribution in [3.63, 3.8) is 0 Å². The molecule has 2 aliphatic rings. The fourth-order valence-corrected chi connectivity index (χ4v) is 2.94. The second-order valence-electron chi connectivity index (χ2n) is 5.63. The third-order valence-electron chi connectivity index (χ3n) is 4.09. The molecule has 1 heterocycles. The largest absolute Gasteiger partial charge is 0.508 e. The summed E-state index contributed by atoms with van der Waals surface area (Å²) in [6.45, 7) is 0. The van der Waals surface area contributed by atoms with Crippen LogP contribution < -0.4 is 5.32 Å². The van der Waals surface area contributed by atoms with E-state index in [0.29, 0.717) is 6.04 Å². The number of hydrogen-bond donors (Lipinski definition) is 2. The molecule has 0 saturated heterocycles. The molecule has 1 atom stereocenters. The van der Waals surface area contributed by atoms with Crippen molar-refractivity contribution < 1.29 is 9.90 Å². The number of nitrogens with zero attached hydrogens (tertiary/aromatic N) is 1. The number of hydrogen-bond acceptors (Lipinski definition) is 3. The summed E-state index contributed by atoms with van der Waals surface area (Å²) in [6, 6.07) is 15.0. The Hall–Kier alpha value is -2.49. The maximum Gasteiger partial charge on any atom is 0.258 e. The molecule has 0 unspecified atom stereocenters. The summed E-state index contributed by atoms with van der Waals surface area (Å²) in [5, 5.41) is 13.2. The van der Waals surface area contributed by atoms with Crippen LogP contribution in [0.2, 0.25) is 0 Å². The number of carbonyl (C=O) groups excluding carboxylic acids is 1. The molecule has 0 radical (unpaired) electrons. The number of rotatable bonds is 2. The first-order valence-electron chi connectivity index (χ1n) is 7.21. The lowest BCUT2D eigenvalue weighted by Gasteiger charge is -2.38. The van der Waals surface area contributed by atoms with Crippen LogP contribution in [0.1, 0.15) is 34.9 Å². The van der Waals surface area contributed by atoms with Gasteiger partial charge in [0.15, 0.2) is 0 Å². The van der Waals surface area contributed by atoms with Crippen LogP contribution in [0, 0.1) is 0 Å². The Morgan fingerprint density at radius 2 is 1.90 bits per heavy atom. The van der Waals surface area contributed by atoms with Gasteiger partial charge >= 0.3 is 0 Å². The molecular formula is C17H16N2O2. The predicted octanol–water partition coefficient (Wildman–Crippen LogP) is 3.12. The Morgan fingerprint density at radius 1 is 1.10 bits per heavy atom. The van der Waals surface area contributed by atoms with Crippen LogP contribution in [0.5, 0.6) is 5.75 Å². The number of nitrogens with one attached hydrogen (secondary N) is 1. The number of anilines is 1. The van der Waals surface area contributed by atoms with Crippen LogP contribution >= 0.6 is 0 Å². The first-order chi connectivity index (χ1) is 10.2. The summed E-state index contributed by atoms with van der Waals surface area (Å²) in [5.41, 5.74) is 2.48. The molecule has 1 aliphatic carbocycles. The molecule has 0 aromatic heterocycles. The first kappa shape index (κ1) is 12.3. The fourth-order valence-electron chi connectivity index (χ4n) is 2.94. The van der Waals surface area contributed by atoms with Gasteiger partial charge in [-0.3, -0.25) is 4.79 Å². The molecule has 1 fully saturated rings. The topological polar surface area (TPSA) is 52.6 Å². The highest BCUT2D eigenvalue weighted by Gasteiger charge is 2.41. The van der Waals surface area contributed by atoms with E-state index >= 15 is 0 Å². The second-order valence-corrected chi connectivity index (χ2v) is 5.63. The molecule has 1 saturated carbocycles. The summed E-state index contributed by atoms with van der Waals surface area (Å²) in [5.74, 6) is 0.288. The van der Waals surface area contributed by atoms with Crippen molar-refractivity contribution in [3.8, 4) is 5.75 Å². The van der Waals surface area contributed by atoms with Crippen molar-refractivity contribution in [1.29, 1.82) is 0 Å². The van der Waals surface area contributed by atoms with E-state index < -0.39 is 0 Å². The number of para-hydroxylation sites is 1. The average molecular weight is 280 g/mol. The molecule has 4 nitrogen and oxygen atoms in total. The Kier molecular flexibility index (Phi) is 2.64. The maximum atomic E-state index is 12.8. The lowest BCUT2D eigenvalue weighted by molar-refractivity contribution is 0.0666. The smallest absolute Gasteiger partial charge is 0.258 e. The van der Waals surface area contributed by atoms with Gasteiger partial charge in [0, 0.05) is 11.7 Å². The number of amides is 1. The van der Waals surface area contributed by atoms with E-state index in [1.807, 2.05) is 41.3 Å². The van der Waals surface area contributed by atoms with Gasteiger partial charge in [-0.15, -0.1) is 0 Å². The lowest BCUT2D eigenvalue weighted by atomic mass is 10.0. The van der Waals surface area contributed by atoms with Crippen LogP contribution in [0.3, 0.4) is 0 Å². The van der Waals surface area contributed by atoms with Gasteiger partial charge in [0.25, 0.3) is 5.91 Å². The van der Waals surface area contributed by atoms with Crippen LogP contribution in [0.4, 0.5) is 5.69 Å². The van der Waals surface area contributed by atoms with E-state index in [1.54, 1.807) is 12.1 Å². The normalized spacial score (nSPS) is 20.9. The van der Waals surface area contributed by atoms with Crippen molar-refractivity contribution in [3.05, 3.63) is 59.7 Å². The van der Waals surface area contributed by atoms with E-state index in [-0.39, 0.29) is 17.8 Å². The lowest BCUT2D eigenvalue weighted by Crippen LogP contribution is -2.44. The summed E-state index contributed by atoms with van der Waals surface area (Å²) >= 11 is 0. The first-order valence-corrected chi connectivity index (χ1v) is 7.21. The zero-order valence-electron chi connectivity index (χ0n) is 11.5. The van der Waals surface area contributed by atoms with E-state index in [2.05, 4.69) is 5.32 Å². The van der Waals surface area contributed by atoms with Gasteiger partial charge in [-0.25, -0.2) is 0 Å². The van der Waals surface area contributed by atoms with E-state index in [4.69, 9.17) is 0 Å². The minimum absolute atomic E-state index is 0.0696.